The standard InChI is InChI=1S/C9H11N7O2S/c1-5-13-14-9(15(5)3)19-7-6(16(17)18)4-11-8(10-2)12-7/h4H,1-3H3,(H,10,11,12). The Hall–Kier alpha value is -2.23. The summed E-state index contributed by atoms with van der Waals surface area (Å²) in [5.74, 6) is 1.03. The van der Waals surface area contributed by atoms with Crippen molar-refractivity contribution in [2.45, 2.75) is 17.1 Å². The molecule has 2 aromatic heterocycles. The third-order valence-electron chi connectivity index (χ3n) is 2.40. The molecule has 19 heavy (non-hydrogen) atoms. The first kappa shape index (κ1) is 13.2. The van der Waals surface area contributed by atoms with E-state index in [1.165, 1.54) is 6.20 Å². The molecule has 0 aliphatic carbocycles. The minimum Gasteiger partial charge on any atom is -0.357 e. The van der Waals surface area contributed by atoms with Crippen molar-refractivity contribution >= 4 is 23.4 Å². The summed E-state index contributed by atoms with van der Waals surface area (Å²) in [5.41, 5.74) is -0.162. The zero-order valence-electron chi connectivity index (χ0n) is 10.5. The summed E-state index contributed by atoms with van der Waals surface area (Å²) in [7, 11) is 3.42. The molecule has 0 bridgehead atoms. The van der Waals surface area contributed by atoms with Crippen LogP contribution in [-0.2, 0) is 7.05 Å². The third kappa shape index (κ3) is 2.62. The van der Waals surface area contributed by atoms with Crippen LogP contribution in [0.15, 0.2) is 16.4 Å². The maximum atomic E-state index is 11.0. The van der Waals surface area contributed by atoms with E-state index in [9.17, 15) is 10.1 Å². The highest BCUT2D eigenvalue weighted by molar-refractivity contribution is 7.99. The van der Waals surface area contributed by atoms with Crippen molar-refractivity contribution in [1.82, 2.24) is 24.7 Å². The van der Waals surface area contributed by atoms with Gasteiger partial charge in [-0.1, -0.05) is 0 Å². The van der Waals surface area contributed by atoms with Gasteiger partial charge in [0.2, 0.25) is 5.95 Å². The number of nitro groups is 1. The molecule has 10 heteroatoms. The molecule has 0 aliphatic heterocycles. The lowest BCUT2D eigenvalue weighted by Crippen LogP contribution is -2.02. The van der Waals surface area contributed by atoms with Gasteiger partial charge in [-0.05, 0) is 18.7 Å². The van der Waals surface area contributed by atoms with Gasteiger partial charge >= 0.3 is 5.69 Å². The van der Waals surface area contributed by atoms with Gasteiger partial charge in [0.1, 0.15) is 12.0 Å². The molecule has 0 saturated carbocycles. The molecule has 0 aromatic carbocycles. The van der Waals surface area contributed by atoms with Crippen LogP contribution in [0.3, 0.4) is 0 Å². The lowest BCUT2D eigenvalue weighted by Gasteiger charge is -2.03. The van der Waals surface area contributed by atoms with Gasteiger partial charge in [0.15, 0.2) is 10.2 Å². The second-order valence-corrected chi connectivity index (χ2v) is 4.54. The van der Waals surface area contributed by atoms with Crippen LogP contribution in [0.2, 0.25) is 0 Å². The number of hydrogen-bond donors (Lipinski definition) is 1. The molecule has 0 saturated heterocycles. The van der Waals surface area contributed by atoms with Crippen molar-refractivity contribution in [2.75, 3.05) is 12.4 Å². The molecule has 0 radical (unpaired) electrons. The molecule has 100 valence electrons. The van der Waals surface area contributed by atoms with E-state index in [0.717, 1.165) is 11.8 Å². The second-order valence-electron chi connectivity index (χ2n) is 3.58. The Bertz CT molecular complexity index is 627. The number of aryl methyl sites for hydroxylation is 1. The van der Waals surface area contributed by atoms with Crippen LogP contribution in [0.25, 0.3) is 0 Å². The molecule has 0 atom stereocenters. The van der Waals surface area contributed by atoms with Gasteiger partial charge in [-0.25, -0.2) is 4.98 Å². The molecular weight excluding hydrogens is 270 g/mol. The van der Waals surface area contributed by atoms with Crippen molar-refractivity contribution in [2.24, 2.45) is 7.05 Å². The van der Waals surface area contributed by atoms with E-state index in [0.29, 0.717) is 16.9 Å². The van der Waals surface area contributed by atoms with Crippen LogP contribution < -0.4 is 5.32 Å². The maximum Gasteiger partial charge on any atom is 0.320 e. The zero-order valence-corrected chi connectivity index (χ0v) is 11.3. The van der Waals surface area contributed by atoms with Gasteiger partial charge < -0.3 is 9.88 Å². The number of rotatable bonds is 4. The quantitative estimate of drug-likeness (QED) is 0.502. The lowest BCUT2D eigenvalue weighted by atomic mass is 10.5. The minimum atomic E-state index is -0.523. The summed E-state index contributed by atoms with van der Waals surface area (Å²) in [5, 5.41) is 22.3. The first-order valence-electron chi connectivity index (χ1n) is 5.26. The Kier molecular flexibility index (Phi) is 3.60. The van der Waals surface area contributed by atoms with Crippen LogP contribution in [0.5, 0.6) is 0 Å². The van der Waals surface area contributed by atoms with Crippen molar-refractivity contribution in [3.63, 3.8) is 0 Å². The number of aromatic nitrogens is 5. The van der Waals surface area contributed by atoms with E-state index in [2.05, 4.69) is 25.5 Å². The Morgan fingerprint density at radius 1 is 1.47 bits per heavy atom. The van der Waals surface area contributed by atoms with Crippen LogP contribution in [0, 0.1) is 17.0 Å². The van der Waals surface area contributed by atoms with Crippen LogP contribution in [0.4, 0.5) is 11.6 Å². The van der Waals surface area contributed by atoms with Crippen LogP contribution >= 0.6 is 11.8 Å². The van der Waals surface area contributed by atoms with Crippen molar-refractivity contribution in [3.8, 4) is 0 Å². The molecule has 2 rings (SSSR count). The number of nitrogens with zero attached hydrogens (tertiary/aromatic N) is 6. The maximum absolute atomic E-state index is 11.0. The van der Waals surface area contributed by atoms with E-state index < -0.39 is 4.92 Å². The van der Waals surface area contributed by atoms with E-state index in [-0.39, 0.29) is 10.7 Å². The summed E-state index contributed by atoms with van der Waals surface area (Å²) in [6, 6.07) is 0. The molecule has 0 unspecified atom stereocenters. The summed E-state index contributed by atoms with van der Waals surface area (Å²) in [6.07, 6.45) is 1.17. The average molecular weight is 281 g/mol. The van der Waals surface area contributed by atoms with Crippen LogP contribution in [-0.4, -0.2) is 36.7 Å². The Morgan fingerprint density at radius 3 is 2.74 bits per heavy atom. The molecule has 0 fully saturated rings. The fourth-order valence-electron chi connectivity index (χ4n) is 1.24. The largest absolute Gasteiger partial charge is 0.357 e. The number of hydrogen-bond acceptors (Lipinski definition) is 8. The summed E-state index contributed by atoms with van der Waals surface area (Å²) >= 11 is 1.08. The van der Waals surface area contributed by atoms with E-state index in [1.54, 1.807) is 25.6 Å². The Morgan fingerprint density at radius 2 is 2.21 bits per heavy atom. The molecule has 0 amide bonds. The van der Waals surface area contributed by atoms with Crippen LogP contribution in [0.1, 0.15) is 5.82 Å². The Labute approximate surface area is 112 Å². The van der Waals surface area contributed by atoms with E-state index >= 15 is 0 Å². The highest BCUT2D eigenvalue weighted by Gasteiger charge is 2.20. The SMILES string of the molecule is CNc1ncc([N+](=O)[O-])c(Sc2nnc(C)n2C)n1. The first-order chi connectivity index (χ1) is 9.02. The second kappa shape index (κ2) is 5.18. The number of anilines is 1. The smallest absolute Gasteiger partial charge is 0.320 e. The highest BCUT2D eigenvalue weighted by atomic mass is 32.2. The van der Waals surface area contributed by atoms with Gasteiger partial charge in [0.25, 0.3) is 0 Å². The summed E-state index contributed by atoms with van der Waals surface area (Å²) < 4.78 is 1.73. The number of nitrogens with one attached hydrogen (secondary N) is 1. The fraction of sp³-hybridized carbons (Fsp3) is 0.333. The van der Waals surface area contributed by atoms with Gasteiger partial charge in [-0.3, -0.25) is 10.1 Å². The van der Waals surface area contributed by atoms with Crippen molar-refractivity contribution in [3.05, 3.63) is 22.1 Å². The fourth-order valence-corrected chi connectivity index (χ4v) is 2.13. The van der Waals surface area contributed by atoms with Gasteiger partial charge in [0.05, 0.1) is 4.92 Å². The monoisotopic (exact) mass is 281 g/mol. The average Bonchev–Trinajstić information content (AvgIpc) is 2.70. The Balaban J connectivity index is 2.42. The molecule has 0 aliphatic rings. The normalized spacial score (nSPS) is 10.5. The summed E-state index contributed by atoms with van der Waals surface area (Å²) in [4.78, 5) is 18.3. The van der Waals surface area contributed by atoms with E-state index in [1.807, 2.05) is 0 Å². The predicted molar refractivity (Wildman–Crippen MR) is 68.1 cm³/mol. The molecule has 1 N–H and O–H groups in total. The molecular formula is C9H11N7O2S. The minimum absolute atomic E-state index is 0.162. The lowest BCUT2D eigenvalue weighted by molar-refractivity contribution is -0.388. The van der Waals surface area contributed by atoms with E-state index in [4.69, 9.17) is 0 Å². The predicted octanol–water partition coefficient (Wildman–Crippen LogP) is 1.01. The third-order valence-corrected chi connectivity index (χ3v) is 3.43. The van der Waals surface area contributed by atoms with Crippen molar-refractivity contribution in [1.29, 1.82) is 0 Å². The summed E-state index contributed by atoms with van der Waals surface area (Å²) in [6.45, 7) is 1.80. The van der Waals surface area contributed by atoms with Gasteiger partial charge in [-0.15, -0.1) is 10.2 Å². The highest BCUT2D eigenvalue weighted by Crippen LogP contribution is 2.32. The van der Waals surface area contributed by atoms with Gasteiger partial charge in [-0.2, -0.15) is 4.98 Å². The topological polar surface area (TPSA) is 112 Å². The van der Waals surface area contributed by atoms with Gasteiger partial charge in [0, 0.05) is 14.1 Å². The molecule has 9 nitrogen and oxygen atoms in total. The molecule has 2 aromatic rings. The molecule has 2 heterocycles. The molecule has 0 spiro atoms. The van der Waals surface area contributed by atoms with Crippen molar-refractivity contribution < 1.29 is 4.92 Å². The zero-order chi connectivity index (χ0) is 14.0. The first-order valence-corrected chi connectivity index (χ1v) is 6.07.